The van der Waals surface area contributed by atoms with Crippen molar-refractivity contribution in [2.45, 2.75) is 64.1 Å². The maximum absolute atomic E-state index is 12.3. The summed E-state index contributed by atoms with van der Waals surface area (Å²) < 4.78 is 0. The molecule has 2 aliphatic rings. The summed E-state index contributed by atoms with van der Waals surface area (Å²) in [6, 6.07) is 2.72. The minimum absolute atomic E-state index is 0.0229. The van der Waals surface area contributed by atoms with Gasteiger partial charge in [-0.1, -0.05) is 19.8 Å². The van der Waals surface area contributed by atoms with E-state index in [0.717, 1.165) is 45.4 Å². The van der Waals surface area contributed by atoms with E-state index in [1.807, 2.05) is 6.92 Å². The second-order valence-electron chi connectivity index (χ2n) is 6.29. The van der Waals surface area contributed by atoms with Gasteiger partial charge in [0.2, 0.25) is 5.91 Å². The number of nitrogens with zero attached hydrogens (tertiary/aromatic N) is 3. The van der Waals surface area contributed by atoms with E-state index in [-0.39, 0.29) is 18.0 Å². The third-order valence-corrected chi connectivity index (χ3v) is 4.95. The van der Waals surface area contributed by atoms with E-state index in [2.05, 4.69) is 28.1 Å². The van der Waals surface area contributed by atoms with Gasteiger partial charge in [0.1, 0.15) is 0 Å². The van der Waals surface area contributed by atoms with Crippen LogP contribution in [0.5, 0.6) is 0 Å². The molecule has 0 bridgehead atoms. The molecule has 1 saturated heterocycles. The Labute approximate surface area is 128 Å². The first kappa shape index (κ1) is 16.3. The first-order valence-electron chi connectivity index (χ1n) is 8.33. The lowest BCUT2D eigenvalue weighted by molar-refractivity contribution is -0.127. The van der Waals surface area contributed by atoms with E-state index in [1.165, 1.54) is 12.8 Å². The van der Waals surface area contributed by atoms with Gasteiger partial charge in [0.25, 0.3) is 0 Å². The number of carbonyl (C=O) groups excluding carboxylic acids is 1. The summed E-state index contributed by atoms with van der Waals surface area (Å²) in [5.41, 5.74) is 0. The predicted molar refractivity (Wildman–Crippen MR) is 82.7 cm³/mol. The Morgan fingerprint density at radius 1 is 1.24 bits per heavy atom. The SMILES string of the molecule is CCC(C#N)N1CCN(C(C)C(=O)NC2CCCC2)CC1. The monoisotopic (exact) mass is 292 g/mol. The number of nitriles is 1. The highest BCUT2D eigenvalue weighted by Gasteiger charge is 2.29. The molecule has 2 rings (SSSR count). The van der Waals surface area contributed by atoms with Gasteiger partial charge < -0.3 is 5.32 Å². The molecule has 0 aromatic heterocycles. The van der Waals surface area contributed by atoms with Crippen molar-refractivity contribution in [3.63, 3.8) is 0 Å². The average Bonchev–Trinajstić information content (AvgIpc) is 3.01. The largest absolute Gasteiger partial charge is 0.352 e. The molecule has 118 valence electrons. The molecule has 1 N–H and O–H groups in total. The Kier molecular flexibility index (Phi) is 6.01. The van der Waals surface area contributed by atoms with E-state index in [9.17, 15) is 4.79 Å². The second-order valence-corrected chi connectivity index (χ2v) is 6.29. The fourth-order valence-corrected chi connectivity index (χ4v) is 3.43. The molecule has 1 aliphatic heterocycles. The minimum Gasteiger partial charge on any atom is -0.352 e. The molecule has 2 atom stereocenters. The molecule has 1 heterocycles. The number of amides is 1. The maximum atomic E-state index is 12.3. The first-order valence-corrected chi connectivity index (χ1v) is 8.33. The van der Waals surface area contributed by atoms with Crippen molar-refractivity contribution >= 4 is 5.91 Å². The van der Waals surface area contributed by atoms with Crippen LogP contribution in [-0.2, 0) is 4.79 Å². The summed E-state index contributed by atoms with van der Waals surface area (Å²) in [6.07, 6.45) is 5.61. The first-order chi connectivity index (χ1) is 10.2. The summed E-state index contributed by atoms with van der Waals surface area (Å²) in [5.74, 6) is 0.169. The molecule has 0 spiro atoms. The van der Waals surface area contributed by atoms with E-state index in [4.69, 9.17) is 5.26 Å². The normalized spacial score (nSPS) is 24.4. The molecule has 21 heavy (non-hydrogen) atoms. The van der Waals surface area contributed by atoms with Gasteiger partial charge >= 0.3 is 0 Å². The molecule has 2 fully saturated rings. The Morgan fingerprint density at radius 3 is 2.33 bits per heavy atom. The fourth-order valence-electron chi connectivity index (χ4n) is 3.43. The topological polar surface area (TPSA) is 59.4 Å². The number of nitrogens with one attached hydrogen (secondary N) is 1. The van der Waals surface area contributed by atoms with Crippen LogP contribution in [0.25, 0.3) is 0 Å². The Morgan fingerprint density at radius 2 is 1.81 bits per heavy atom. The molecule has 5 nitrogen and oxygen atoms in total. The Hall–Kier alpha value is -1.12. The van der Waals surface area contributed by atoms with E-state index in [1.54, 1.807) is 0 Å². The van der Waals surface area contributed by atoms with Gasteiger partial charge in [0.15, 0.2) is 0 Å². The quantitative estimate of drug-likeness (QED) is 0.831. The number of hydrogen-bond donors (Lipinski definition) is 1. The zero-order chi connectivity index (χ0) is 15.2. The van der Waals surface area contributed by atoms with Crippen LogP contribution < -0.4 is 5.32 Å². The zero-order valence-corrected chi connectivity index (χ0v) is 13.3. The standard InChI is InChI=1S/C16H28N4O/c1-3-15(12-17)20-10-8-19(9-11-20)13(2)16(21)18-14-6-4-5-7-14/h13-15H,3-11H2,1-2H3,(H,18,21). The third-order valence-electron chi connectivity index (χ3n) is 4.95. The lowest BCUT2D eigenvalue weighted by Gasteiger charge is -2.39. The van der Waals surface area contributed by atoms with Crippen LogP contribution >= 0.6 is 0 Å². The molecule has 0 aromatic rings. The van der Waals surface area contributed by atoms with E-state index >= 15 is 0 Å². The summed E-state index contributed by atoms with van der Waals surface area (Å²) in [5, 5.41) is 12.3. The van der Waals surface area contributed by atoms with Crippen molar-refractivity contribution in [1.29, 1.82) is 5.26 Å². The van der Waals surface area contributed by atoms with Crippen molar-refractivity contribution in [2.75, 3.05) is 26.2 Å². The highest BCUT2D eigenvalue weighted by atomic mass is 16.2. The highest BCUT2D eigenvalue weighted by molar-refractivity contribution is 5.81. The molecule has 1 amide bonds. The van der Waals surface area contributed by atoms with Crippen molar-refractivity contribution in [2.24, 2.45) is 0 Å². The van der Waals surface area contributed by atoms with E-state index in [0.29, 0.717) is 6.04 Å². The lowest BCUT2D eigenvalue weighted by atomic mass is 10.1. The molecular formula is C16H28N4O. The number of piperazine rings is 1. The Balaban J connectivity index is 1.78. The average molecular weight is 292 g/mol. The van der Waals surface area contributed by atoms with Crippen molar-refractivity contribution < 1.29 is 4.79 Å². The molecular weight excluding hydrogens is 264 g/mol. The van der Waals surface area contributed by atoms with Gasteiger partial charge in [-0.3, -0.25) is 14.6 Å². The van der Waals surface area contributed by atoms with Crippen LogP contribution in [0.1, 0.15) is 46.0 Å². The molecule has 0 radical (unpaired) electrons. The van der Waals surface area contributed by atoms with Crippen molar-refractivity contribution in [3.8, 4) is 6.07 Å². The van der Waals surface area contributed by atoms with Crippen molar-refractivity contribution in [1.82, 2.24) is 15.1 Å². The smallest absolute Gasteiger partial charge is 0.237 e. The predicted octanol–water partition coefficient (Wildman–Crippen LogP) is 1.35. The van der Waals surface area contributed by atoms with Gasteiger partial charge in [-0.05, 0) is 26.2 Å². The van der Waals surface area contributed by atoms with Gasteiger partial charge in [-0.2, -0.15) is 5.26 Å². The van der Waals surface area contributed by atoms with Crippen LogP contribution in [0.4, 0.5) is 0 Å². The summed E-state index contributed by atoms with van der Waals surface area (Å²) in [6.45, 7) is 7.56. The van der Waals surface area contributed by atoms with Gasteiger partial charge in [0, 0.05) is 32.2 Å². The van der Waals surface area contributed by atoms with Crippen molar-refractivity contribution in [3.05, 3.63) is 0 Å². The second kappa shape index (κ2) is 7.77. The molecule has 2 unspecified atom stereocenters. The summed E-state index contributed by atoms with van der Waals surface area (Å²) in [7, 11) is 0. The third kappa shape index (κ3) is 4.18. The number of rotatable bonds is 5. The van der Waals surface area contributed by atoms with Gasteiger partial charge in [-0.25, -0.2) is 0 Å². The molecule has 1 saturated carbocycles. The highest BCUT2D eigenvalue weighted by Crippen LogP contribution is 2.18. The Bertz CT molecular complexity index is 378. The zero-order valence-electron chi connectivity index (χ0n) is 13.3. The summed E-state index contributed by atoms with van der Waals surface area (Å²) >= 11 is 0. The fraction of sp³-hybridized carbons (Fsp3) is 0.875. The summed E-state index contributed by atoms with van der Waals surface area (Å²) in [4.78, 5) is 16.8. The lowest BCUT2D eigenvalue weighted by Crippen LogP contribution is -2.56. The van der Waals surface area contributed by atoms with Crippen LogP contribution in [-0.4, -0.2) is 60.0 Å². The van der Waals surface area contributed by atoms with E-state index < -0.39 is 0 Å². The molecule has 5 heteroatoms. The maximum Gasteiger partial charge on any atom is 0.237 e. The van der Waals surface area contributed by atoms with Crippen LogP contribution in [0.15, 0.2) is 0 Å². The number of carbonyl (C=O) groups is 1. The van der Waals surface area contributed by atoms with Crippen LogP contribution in [0.3, 0.4) is 0 Å². The molecule has 0 aromatic carbocycles. The van der Waals surface area contributed by atoms with Gasteiger partial charge in [-0.15, -0.1) is 0 Å². The minimum atomic E-state index is -0.0603. The molecule has 1 aliphatic carbocycles. The van der Waals surface area contributed by atoms with Gasteiger partial charge in [0.05, 0.1) is 18.2 Å². The number of hydrogen-bond acceptors (Lipinski definition) is 4. The van der Waals surface area contributed by atoms with Crippen LogP contribution in [0.2, 0.25) is 0 Å². The van der Waals surface area contributed by atoms with Crippen LogP contribution in [0, 0.1) is 11.3 Å².